The molecule has 0 saturated heterocycles. The molecular weight excluding hydrogens is 237 g/mol. The summed E-state index contributed by atoms with van der Waals surface area (Å²) in [6, 6.07) is 8.25. The predicted molar refractivity (Wildman–Crippen MR) is 68.8 cm³/mol. The van der Waals surface area contributed by atoms with Crippen LogP contribution in [0, 0.1) is 5.82 Å². The molecule has 0 unspecified atom stereocenters. The topological polar surface area (TPSA) is 20.3 Å². The Bertz CT molecular complexity index is 524. The van der Waals surface area contributed by atoms with Gasteiger partial charge in [0.25, 0.3) is 0 Å². The van der Waals surface area contributed by atoms with Gasteiger partial charge in [-0.2, -0.15) is 0 Å². The lowest BCUT2D eigenvalue weighted by atomic mass is 10.2. The Morgan fingerprint density at radius 1 is 1.35 bits per heavy atom. The second-order valence-electron chi connectivity index (χ2n) is 3.55. The van der Waals surface area contributed by atoms with Gasteiger partial charge in [0.15, 0.2) is 6.29 Å². The van der Waals surface area contributed by atoms with E-state index in [1.165, 1.54) is 23.5 Å². The SMILES string of the molecule is CCN(c1cccc(F)c1)c1csc(C=O)c1. The fraction of sp³-hybridized carbons (Fsp3) is 0.154. The van der Waals surface area contributed by atoms with Crippen molar-refractivity contribution in [3.8, 4) is 0 Å². The first-order chi connectivity index (χ1) is 8.24. The standard InChI is InChI=1S/C13H12FNOS/c1-2-15(11-5-3-4-10(14)6-11)12-7-13(8-16)17-9-12/h3-9H,2H2,1H3. The lowest BCUT2D eigenvalue weighted by molar-refractivity contribution is 0.112. The van der Waals surface area contributed by atoms with E-state index in [-0.39, 0.29) is 5.82 Å². The second kappa shape index (κ2) is 5.10. The molecule has 1 aromatic heterocycles. The van der Waals surface area contributed by atoms with E-state index >= 15 is 0 Å². The van der Waals surface area contributed by atoms with Crippen LogP contribution in [0.2, 0.25) is 0 Å². The molecule has 0 N–H and O–H groups in total. The van der Waals surface area contributed by atoms with Gasteiger partial charge in [-0.1, -0.05) is 6.07 Å². The average molecular weight is 249 g/mol. The van der Waals surface area contributed by atoms with Crippen molar-refractivity contribution in [2.24, 2.45) is 0 Å². The summed E-state index contributed by atoms with van der Waals surface area (Å²) in [4.78, 5) is 13.3. The van der Waals surface area contributed by atoms with Gasteiger partial charge in [-0.15, -0.1) is 11.3 Å². The highest BCUT2D eigenvalue weighted by molar-refractivity contribution is 7.12. The summed E-state index contributed by atoms with van der Waals surface area (Å²) < 4.78 is 13.2. The minimum Gasteiger partial charge on any atom is -0.341 e. The number of carbonyl (C=O) groups excluding carboxylic acids is 1. The molecule has 2 aromatic rings. The van der Waals surface area contributed by atoms with Gasteiger partial charge in [0, 0.05) is 17.6 Å². The maximum absolute atomic E-state index is 13.2. The number of rotatable bonds is 4. The van der Waals surface area contributed by atoms with Gasteiger partial charge in [-0.25, -0.2) is 4.39 Å². The normalized spacial score (nSPS) is 10.2. The quantitative estimate of drug-likeness (QED) is 0.767. The highest BCUT2D eigenvalue weighted by Crippen LogP contribution is 2.29. The third kappa shape index (κ3) is 2.53. The molecule has 0 atom stereocenters. The van der Waals surface area contributed by atoms with Crippen LogP contribution < -0.4 is 4.90 Å². The van der Waals surface area contributed by atoms with Gasteiger partial charge < -0.3 is 4.90 Å². The van der Waals surface area contributed by atoms with Crippen LogP contribution in [-0.4, -0.2) is 12.8 Å². The molecule has 17 heavy (non-hydrogen) atoms. The summed E-state index contributed by atoms with van der Waals surface area (Å²) in [6.07, 6.45) is 0.827. The molecule has 0 aliphatic rings. The van der Waals surface area contributed by atoms with Crippen molar-refractivity contribution >= 4 is 29.0 Å². The number of hydrogen-bond acceptors (Lipinski definition) is 3. The van der Waals surface area contributed by atoms with Crippen molar-refractivity contribution in [3.63, 3.8) is 0 Å². The van der Waals surface area contributed by atoms with Gasteiger partial charge in [0.1, 0.15) is 5.82 Å². The monoisotopic (exact) mass is 249 g/mol. The predicted octanol–water partition coefficient (Wildman–Crippen LogP) is 3.86. The van der Waals surface area contributed by atoms with Gasteiger partial charge in [-0.3, -0.25) is 4.79 Å². The molecule has 0 aliphatic heterocycles. The van der Waals surface area contributed by atoms with E-state index in [0.29, 0.717) is 4.88 Å². The lowest BCUT2D eigenvalue weighted by Gasteiger charge is -2.21. The van der Waals surface area contributed by atoms with Crippen LogP contribution in [0.4, 0.5) is 15.8 Å². The van der Waals surface area contributed by atoms with Crippen LogP contribution >= 0.6 is 11.3 Å². The number of halogens is 1. The van der Waals surface area contributed by atoms with E-state index in [9.17, 15) is 9.18 Å². The zero-order valence-corrected chi connectivity index (χ0v) is 10.2. The summed E-state index contributed by atoms with van der Waals surface area (Å²) in [7, 11) is 0. The fourth-order valence-electron chi connectivity index (χ4n) is 1.70. The maximum Gasteiger partial charge on any atom is 0.160 e. The highest BCUT2D eigenvalue weighted by atomic mass is 32.1. The maximum atomic E-state index is 13.2. The number of benzene rings is 1. The third-order valence-corrected chi connectivity index (χ3v) is 3.32. The van der Waals surface area contributed by atoms with Crippen LogP contribution in [0.1, 0.15) is 16.6 Å². The molecule has 1 aromatic carbocycles. The number of aldehydes is 1. The molecular formula is C13H12FNOS. The molecule has 0 saturated carbocycles. The van der Waals surface area contributed by atoms with E-state index in [4.69, 9.17) is 0 Å². The highest BCUT2D eigenvalue weighted by Gasteiger charge is 2.09. The van der Waals surface area contributed by atoms with Gasteiger partial charge >= 0.3 is 0 Å². The molecule has 88 valence electrons. The minimum atomic E-state index is -0.258. The molecule has 0 aliphatic carbocycles. The Labute approximate surface area is 103 Å². The Morgan fingerprint density at radius 3 is 2.76 bits per heavy atom. The molecule has 0 spiro atoms. The van der Waals surface area contributed by atoms with Crippen molar-refractivity contribution in [1.82, 2.24) is 0 Å². The molecule has 4 heteroatoms. The summed E-state index contributed by atoms with van der Waals surface area (Å²) in [5.74, 6) is -0.258. The second-order valence-corrected chi connectivity index (χ2v) is 4.49. The fourth-order valence-corrected chi connectivity index (χ4v) is 2.40. The Balaban J connectivity index is 2.36. The van der Waals surface area contributed by atoms with Gasteiger partial charge in [0.2, 0.25) is 0 Å². The first-order valence-electron chi connectivity index (χ1n) is 5.31. The van der Waals surface area contributed by atoms with E-state index in [0.717, 1.165) is 24.2 Å². The number of hydrogen-bond donors (Lipinski definition) is 0. The molecule has 2 nitrogen and oxygen atoms in total. The van der Waals surface area contributed by atoms with Crippen LogP contribution in [-0.2, 0) is 0 Å². The summed E-state index contributed by atoms with van der Waals surface area (Å²) in [5, 5.41) is 1.90. The largest absolute Gasteiger partial charge is 0.341 e. The molecule has 0 amide bonds. The molecule has 0 fully saturated rings. The van der Waals surface area contributed by atoms with Crippen molar-refractivity contribution in [2.45, 2.75) is 6.92 Å². The number of nitrogens with zero attached hydrogens (tertiary/aromatic N) is 1. The Hall–Kier alpha value is -1.68. The van der Waals surface area contributed by atoms with Crippen molar-refractivity contribution in [1.29, 1.82) is 0 Å². The van der Waals surface area contributed by atoms with Crippen LogP contribution in [0.3, 0.4) is 0 Å². The zero-order chi connectivity index (χ0) is 12.3. The Morgan fingerprint density at radius 2 is 2.18 bits per heavy atom. The molecule has 0 bridgehead atoms. The summed E-state index contributed by atoms with van der Waals surface area (Å²) >= 11 is 1.39. The zero-order valence-electron chi connectivity index (χ0n) is 9.39. The van der Waals surface area contributed by atoms with Crippen molar-refractivity contribution in [3.05, 3.63) is 46.4 Å². The number of anilines is 2. The average Bonchev–Trinajstić information content (AvgIpc) is 2.79. The summed E-state index contributed by atoms with van der Waals surface area (Å²) in [5.41, 5.74) is 1.72. The first kappa shape index (κ1) is 11.8. The van der Waals surface area contributed by atoms with E-state index in [2.05, 4.69) is 0 Å². The summed E-state index contributed by atoms with van der Waals surface area (Å²) in [6.45, 7) is 2.71. The number of thiophene rings is 1. The van der Waals surface area contributed by atoms with Crippen molar-refractivity contribution < 1.29 is 9.18 Å². The third-order valence-electron chi connectivity index (χ3n) is 2.47. The van der Waals surface area contributed by atoms with Crippen LogP contribution in [0.15, 0.2) is 35.7 Å². The van der Waals surface area contributed by atoms with Crippen molar-refractivity contribution in [2.75, 3.05) is 11.4 Å². The Kier molecular flexibility index (Phi) is 3.54. The minimum absolute atomic E-state index is 0.258. The first-order valence-corrected chi connectivity index (χ1v) is 6.19. The van der Waals surface area contributed by atoms with E-state index in [1.54, 1.807) is 6.07 Å². The molecule has 1 heterocycles. The smallest absolute Gasteiger partial charge is 0.160 e. The number of carbonyl (C=O) groups is 1. The van der Waals surface area contributed by atoms with Gasteiger partial charge in [-0.05, 0) is 31.2 Å². The van der Waals surface area contributed by atoms with Crippen LogP contribution in [0.25, 0.3) is 0 Å². The van der Waals surface area contributed by atoms with Gasteiger partial charge in [0.05, 0.1) is 10.6 Å². The molecule has 2 rings (SSSR count). The van der Waals surface area contributed by atoms with E-state index < -0.39 is 0 Å². The molecule has 0 radical (unpaired) electrons. The van der Waals surface area contributed by atoms with E-state index in [1.807, 2.05) is 29.3 Å². The van der Waals surface area contributed by atoms with Crippen LogP contribution in [0.5, 0.6) is 0 Å². The lowest BCUT2D eigenvalue weighted by Crippen LogP contribution is -2.15.